The van der Waals surface area contributed by atoms with Crippen molar-refractivity contribution in [3.05, 3.63) is 145 Å². The molecule has 0 atom stereocenters. The Morgan fingerprint density at radius 3 is 1.45 bits per heavy atom. The first-order valence-electron chi connectivity index (χ1n) is 18.5. The van der Waals surface area contributed by atoms with Crippen LogP contribution in [0.2, 0.25) is 0 Å². The molecule has 53 heavy (non-hydrogen) atoms. The predicted molar refractivity (Wildman–Crippen MR) is 219 cm³/mol. The van der Waals surface area contributed by atoms with Crippen LogP contribution in [-0.4, -0.2) is 15.0 Å². The molecule has 0 N–H and O–H groups in total. The van der Waals surface area contributed by atoms with Crippen LogP contribution in [0.4, 0.5) is 11.4 Å². The van der Waals surface area contributed by atoms with E-state index in [1.54, 1.807) is 18.6 Å². The molecule has 0 unspecified atom stereocenters. The Morgan fingerprint density at radius 2 is 1.00 bits per heavy atom. The average Bonchev–Trinajstić information content (AvgIpc) is 3.84. The molecule has 0 saturated heterocycles. The van der Waals surface area contributed by atoms with Gasteiger partial charge in [-0.1, -0.05) is 140 Å². The summed E-state index contributed by atoms with van der Waals surface area (Å²) in [4.78, 5) is 22.6. The van der Waals surface area contributed by atoms with Gasteiger partial charge in [0.15, 0.2) is 0 Å². The number of para-hydroxylation sites is 2. The van der Waals surface area contributed by atoms with Gasteiger partial charge in [0.05, 0.1) is 11.9 Å². The summed E-state index contributed by atoms with van der Waals surface area (Å²) >= 11 is 0. The summed E-state index contributed by atoms with van der Waals surface area (Å²) in [7, 11) is 0. The average molecular weight is 748 g/mol. The smallest absolute Gasteiger partial charge is 0.479 e. The Kier molecular flexibility index (Phi) is 11.4. The molecule has 8 rings (SSSR count). The Labute approximate surface area is 324 Å². The number of hydrogen-bond acceptors (Lipinski definition) is 5. The van der Waals surface area contributed by atoms with Crippen molar-refractivity contribution in [2.24, 2.45) is 0 Å². The largest absolute Gasteiger partial charge is 2.00 e. The third kappa shape index (κ3) is 7.33. The van der Waals surface area contributed by atoms with E-state index < -0.39 is 0 Å². The number of aromatic nitrogens is 4. The molecule has 1 aliphatic rings. The summed E-state index contributed by atoms with van der Waals surface area (Å²) in [6.07, 6.45) is 9.44. The van der Waals surface area contributed by atoms with Gasteiger partial charge in [-0.05, 0) is 96.7 Å². The predicted octanol–water partition coefficient (Wildman–Crippen LogP) is 12.1. The van der Waals surface area contributed by atoms with Gasteiger partial charge in [0.2, 0.25) is 0 Å². The van der Waals surface area contributed by atoms with Crippen LogP contribution < -0.4 is 14.8 Å². The van der Waals surface area contributed by atoms with Crippen molar-refractivity contribution in [2.45, 2.75) is 79.1 Å². The number of rotatable bonds is 7. The zero-order chi connectivity index (χ0) is 36.5. The molecule has 0 amide bonds. The third-order valence-corrected chi connectivity index (χ3v) is 9.94. The summed E-state index contributed by atoms with van der Waals surface area (Å²) in [6, 6.07) is 30.2. The van der Waals surface area contributed by atoms with Crippen LogP contribution in [0.1, 0.15) is 101 Å². The van der Waals surface area contributed by atoms with Gasteiger partial charge < -0.3 is 19.8 Å². The van der Waals surface area contributed by atoms with Crippen LogP contribution in [0.3, 0.4) is 0 Å². The molecule has 1 aliphatic heterocycles. The van der Waals surface area contributed by atoms with E-state index in [1.807, 2.05) is 12.1 Å². The number of imidazole rings is 1. The van der Waals surface area contributed by atoms with E-state index in [0.29, 0.717) is 35.2 Å². The zero-order valence-electron chi connectivity index (χ0n) is 31.8. The molecule has 0 saturated carbocycles. The van der Waals surface area contributed by atoms with E-state index in [9.17, 15) is 0 Å². The molecule has 7 heteroatoms. The van der Waals surface area contributed by atoms with Crippen LogP contribution >= 0.6 is 0 Å². The standard InChI is InChI=1S/C27H37N2.C19H11N4.Cu/c1-18(2)22-11-9-12-23(19(3)4)26(22)28-15-16-29(17-28)27-24(20(5)6)13-10-14-25(27)21(7)8;1-3-7-14-12(5-1)13-6-2-4-8-15(13)18-17(14)22-19(23-18)16-11-20-9-10-21-16;/h9-21H,1-8H3;1-11H;/q2*-1;+2. The molecule has 273 valence electrons. The van der Waals surface area contributed by atoms with Crippen LogP contribution in [0.5, 0.6) is 0 Å². The molecule has 0 bridgehead atoms. The molecule has 2 aromatic heterocycles. The number of anilines is 2. The first-order chi connectivity index (χ1) is 25.1. The second-order valence-corrected chi connectivity index (χ2v) is 14.8. The molecule has 0 aliphatic carbocycles. The molecule has 7 aromatic rings. The molecule has 0 spiro atoms. The molecule has 6 nitrogen and oxygen atoms in total. The molecule has 0 fully saturated rings. The summed E-state index contributed by atoms with van der Waals surface area (Å²) < 4.78 is 0. The summed E-state index contributed by atoms with van der Waals surface area (Å²) in [5.74, 6) is 2.54. The van der Waals surface area contributed by atoms with Crippen molar-refractivity contribution in [1.29, 1.82) is 0 Å². The van der Waals surface area contributed by atoms with E-state index in [4.69, 9.17) is 9.97 Å². The molecular weight excluding hydrogens is 700 g/mol. The van der Waals surface area contributed by atoms with E-state index in [-0.39, 0.29) is 17.1 Å². The van der Waals surface area contributed by atoms with Crippen molar-refractivity contribution in [2.75, 3.05) is 9.80 Å². The van der Waals surface area contributed by atoms with Gasteiger partial charge in [-0.15, -0.1) is 6.67 Å². The summed E-state index contributed by atoms with van der Waals surface area (Å²) in [6.45, 7) is 20.5. The maximum Gasteiger partial charge on any atom is 2.00 e. The third-order valence-electron chi connectivity index (χ3n) is 9.94. The SMILES string of the molecule is CC(C)c1cccc(C(C)C)c1N1C=CN(c2c(C(C)C)cccc2C(C)C)[CH-]1.[Cu+2].c1ccc2c(c1)c1ccccc1c1[n-]c(-c3cnccn3)nc21. The number of nitrogens with zero attached hydrogens (tertiary/aromatic N) is 6. The minimum Gasteiger partial charge on any atom is -0.479 e. The minimum atomic E-state index is 0. The Hall–Kier alpha value is -4.97. The van der Waals surface area contributed by atoms with Gasteiger partial charge in [0.25, 0.3) is 0 Å². The molecular formula is C46H48CuN6. The Morgan fingerprint density at radius 1 is 0.547 bits per heavy atom. The normalized spacial score (nSPS) is 12.8. The van der Waals surface area contributed by atoms with E-state index in [0.717, 1.165) is 21.8 Å². The maximum atomic E-state index is 4.75. The van der Waals surface area contributed by atoms with Crippen molar-refractivity contribution >= 4 is 44.0 Å². The fourth-order valence-electron chi connectivity index (χ4n) is 7.34. The quantitative estimate of drug-likeness (QED) is 0.0919. The second-order valence-electron chi connectivity index (χ2n) is 14.8. The van der Waals surface area contributed by atoms with E-state index in [1.165, 1.54) is 44.4 Å². The van der Waals surface area contributed by atoms with Crippen molar-refractivity contribution in [1.82, 2.24) is 19.9 Å². The minimum absolute atomic E-state index is 0. The number of hydrogen-bond donors (Lipinski definition) is 0. The molecule has 1 radical (unpaired) electrons. The maximum absolute atomic E-state index is 4.75. The van der Waals surface area contributed by atoms with Crippen LogP contribution in [-0.2, 0) is 17.1 Å². The summed E-state index contributed by atoms with van der Waals surface area (Å²) in [5, 5.41) is 4.62. The fraction of sp³-hybridized carbons (Fsp3) is 0.261. The van der Waals surface area contributed by atoms with Gasteiger partial charge in [-0.3, -0.25) is 9.97 Å². The first-order valence-corrected chi connectivity index (χ1v) is 18.5. The van der Waals surface area contributed by atoms with Gasteiger partial charge in [-0.2, -0.15) is 0 Å². The Balaban J connectivity index is 0.000000182. The van der Waals surface area contributed by atoms with Gasteiger partial charge in [0.1, 0.15) is 0 Å². The summed E-state index contributed by atoms with van der Waals surface area (Å²) in [5.41, 5.74) is 10.8. The van der Waals surface area contributed by atoms with Crippen LogP contribution in [0.15, 0.2) is 116 Å². The first kappa shape index (κ1) is 37.8. The van der Waals surface area contributed by atoms with Crippen LogP contribution in [0, 0.1) is 6.67 Å². The van der Waals surface area contributed by atoms with Crippen LogP contribution in [0.25, 0.3) is 44.1 Å². The van der Waals surface area contributed by atoms with Crippen molar-refractivity contribution in [3.63, 3.8) is 0 Å². The van der Waals surface area contributed by atoms with E-state index in [2.05, 4.69) is 167 Å². The van der Waals surface area contributed by atoms with Crippen molar-refractivity contribution in [3.8, 4) is 11.5 Å². The molecule has 3 heterocycles. The Bertz CT molecular complexity index is 2180. The fourth-order valence-corrected chi connectivity index (χ4v) is 7.34. The van der Waals surface area contributed by atoms with Gasteiger partial charge in [0, 0.05) is 23.8 Å². The van der Waals surface area contributed by atoms with E-state index >= 15 is 0 Å². The van der Waals surface area contributed by atoms with Crippen molar-refractivity contribution < 1.29 is 17.1 Å². The topological polar surface area (TPSA) is 59.2 Å². The molecule has 5 aromatic carbocycles. The zero-order valence-corrected chi connectivity index (χ0v) is 32.8. The second kappa shape index (κ2) is 16.0. The van der Waals surface area contributed by atoms with Gasteiger partial charge in [-0.25, -0.2) is 0 Å². The number of benzene rings is 5. The van der Waals surface area contributed by atoms with Gasteiger partial charge >= 0.3 is 17.1 Å². The monoisotopic (exact) mass is 747 g/mol. The number of fused-ring (bicyclic) bond motifs is 6.